The van der Waals surface area contributed by atoms with Crippen LogP contribution in [-0.2, 0) is 0 Å². The van der Waals surface area contributed by atoms with Crippen LogP contribution in [0.2, 0.25) is 0 Å². The average Bonchev–Trinajstić information content (AvgIpc) is 2.65. The Hall–Kier alpha value is -1.49. The molecule has 0 aliphatic carbocycles. The maximum absolute atomic E-state index is 11.9. The molecule has 80 valence electrons. The number of hydrogen-bond acceptors (Lipinski definition) is 4. The molecular formula is C10H14N4O. The number of carbonyl (C=O) groups is 1. The quantitative estimate of drug-likeness (QED) is 0.699. The molecule has 2 heterocycles. The number of rotatable bonds is 1. The molecule has 2 N–H and O–H groups in total. The second-order valence-electron chi connectivity index (χ2n) is 3.84. The van der Waals surface area contributed by atoms with E-state index in [2.05, 4.69) is 9.97 Å². The van der Waals surface area contributed by atoms with E-state index in [0.29, 0.717) is 12.2 Å². The largest absolute Gasteiger partial charge is 0.336 e. The lowest BCUT2D eigenvalue weighted by molar-refractivity contribution is 0.0784. The van der Waals surface area contributed by atoms with Crippen LogP contribution in [0.4, 0.5) is 0 Å². The molecule has 1 aliphatic heterocycles. The van der Waals surface area contributed by atoms with Crippen molar-refractivity contribution in [3.05, 3.63) is 23.8 Å². The number of amides is 1. The minimum absolute atomic E-state index is 0.0737. The lowest BCUT2D eigenvalue weighted by Crippen LogP contribution is -2.32. The van der Waals surface area contributed by atoms with Crippen molar-refractivity contribution < 1.29 is 4.79 Å². The van der Waals surface area contributed by atoms with E-state index in [1.807, 2.05) is 6.92 Å². The highest BCUT2D eigenvalue weighted by Crippen LogP contribution is 2.10. The summed E-state index contributed by atoms with van der Waals surface area (Å²) in [6, 6.07) is 0.104. The van der Waals surface area contributed by atoms with Crippen LogP contribution in [0.25, 0.3) is 0 Å². The van der Waals surface area contributed by atoms with Crippen molar-refractivity contribution in [1.82, 2.24) is 14.9 Å². The minimum Gasteiger partial charge on any atom is -0.336 e. The molecule has 0 saturated carbocycles. The fourth-order valence-electron chi connectivity index (χ4n) is 1.64. The summed E-state index contributed by atoms with van der Waals surface area (Å²) < 4.78 is 0. The van der Waals surface area contributed by atoms with E-state index in [9.17, 15) is 4.79 Å². The highest BCUT2D eigenvalue weighted by atomic mass is 16.2. The molecule has 1 fully saturated rings. The molecule has 0 spiro atoms. The smallest absolute Gasteiger partial charge is 0.274 e. The van der Waals surface area contributed by atoms with Gasteiger partial charge in [0.05, 0.1) is 11.9 Å². The van der Waals surface area contributed by atoms with E-state index in [0.717, 1.165) is 18.7 Å². The van der Waals surface area contributed by atoms with Gasteiger partial charge in [0.25, 0.3) is 5.91 Å². The van der Waals surface area contributed by atoms with Gasteiger partial charge in [-0.05, 0) is 13.3 Å². The molecule has 1 saturated heterocycles. The normalized spacial score (nSPS) is 20.7. The lowest BCUT2D eigenvalue weighted by atomic mass is 10.3. The van der Waals surface area contributed by atoms with Crippen molar-refractivity contribution in [2.24, 2.45) is 5.73 Å². The zero-order valence-electron chi connectivity index (χ0n) is 8.68. The predicted octanol–water partition coefficient (Wildman–Crippen LogP) is -0.0418. The number of aromatic nitrogens is 2. The Kier molecular flexibility index (Phi) is 2.64. The summed E-state index contributed by atoms with van der Waals surface area (Å²) in [6.45, 7) is 3.18. The van der Waals surface area contributed by atoms with Gasteiger partial charge in [0.15, 0.2) is 0 Å². The van der Waals surface area contributed by atoms with E-state index < -0.39 is 0 Å². The van der Waals surface area contributed by atoms with Gasteiger partial charge in [-0.15, -0.1) is 0 Å². The molecule has 5 nitrogen and oxygen atoms in total. The first-order valence-electron chi connectivity index (χ1n) is 5.00. The monoisotopic (exact) mass is 206 g/mol. The maximum Gasteiger partial charge on any atom is 0.274 e. The Morgan fingerprint density at radius 1 is 1.53 bits per heavy atom. The molecule has 1 aromatic rings. The van der Waals surface area contributed by atoms with Crippen LogP contribution < -0.4 is 5.73 Å². The highest BCUT2D eigenvalue weighted by molar-refractivity contribution is 5.92. The van der Waals surface area contributed by atoms with Gasteiger partial charge in [0.2, 0.25) is 0 Å². The van der Waals surface area contributed by atoms with Crippen molar-refractivity contribution in [3.63, 3.8) is 0 Å². The molecule has 1 aliphatic rings. The maximum atomic E-state index is 11.9. The van der Waals surface area contributed by atoms with E-state index in [1.54, 1.807) is 11.1 Å². The molecule has 5 heteroatoms. The number of nitrogens with zero attached hydrogens (tertiary/aromatic N) is 3. The first kappa shape index (κ1) is 10.0. The van der Waals surface area contributed by atoms with Gasteiger partial charge in [-0.3, -0.25) is 9.78 Å². The molecule has 1 amide bonds. The molecule has 1 aromatic heterocycles. The summed E-state index contributed by atoms with van der Waals surface area (Å²) in [7, 11) is 0. The SMILES string of the molecule is Cc1cnc(C(=O)N2CC[C@@H](N)C2)cn1. The minimum atomic E-state index is -0.0737. The summed E-state index contributed by atoms with van der Waals surface area (Å²) in [5.41, 5.74) is 6.94. The molecular weight excluding hydrogens is 192 g/mol. The van der Waals surface area contributed by atoms with Gasteiger partial charge in [0.1, 0.15) is 5.69 Å². The third-order valence-corrected chi connectivity index (χ3v) is 2.51. The van der Waals surface area contributed by atoms with Crippen LogP contribution in [0, 0.1) is 6.92 Å². The van der Waals surface area contributed by atoms with Crippen molar-refractivity contribution in [2.45, 2.75) is 19.4 Å². The van der Waals surface area contributed by atoms with Crippen LogP contribution in [0.3, 0.4) is 0 Å². The molecule has 1 atom stereocenters. The topological polar surface area (TPSA) is 72.1 Å². The fraction of sp³-hybridized carbons (Fsp3) is 0.500. The fourth-order valence-corrected chi connectivity index (χ4v) is 1.64. The van der Waals surface area contributed by atoms with E-state index in [-0.39, 0.29) is 11.9 Å². The van der Waals surface area contributed by atoms with Crippen molar-refractivity contribution in [1.29, 1.82) is 0 Å². The Morgan fingerprint density at radius 3 is 2.87 bits per heavy atom. The first-order chi connectivity index (χ1) is 7.16. The van der Waals surface area contributed by atoms with Crippen molar-refractivity contribution in [2.75, 3.05) is 13.1 Å². The predicted molar refractivity (Wildman–Crippen MR) is 55.3 cm³/mol. The van der Waals surface area contributed by atoms with Crippen LogP contribution in [0.1, 0.15) is 22.6 Å². The summed E-state index contributed by atoms with van der Waals surface area (Å²) in [5, 5.41) is 0. The second-order valence-corrected chi connectivity index (χ2v) is 3.84. The van der Waals surface area contributed by atoms with Gasteiger partial charge in [0, 0.05) is 25.3 Å². The zero-order valence-corrected chi connectivity index (χ0v) is 8.68. The summed E-state index contributed by atoms with van der Waals surface area (Å²) in [5.74, 6) is -0.0737. The van der Waals surface area contributed by atoms with Gasteiger partial charge < -0.3 is 10.6 Å². The molecule has 0 bridgehead atoms. The van der Waals surface area contributed by atoms with Gasteiger partial charge >= 0.3 is 0 Å². The Labute approximate surface area is 88.3 Å². The Morgan fingerprint density at radius 2 is 2.33 bits per heavy atom. The Bertz CT molecular complexity index is 362. The lowest BCUT2D eigenvalue weighted by Gasteiger charge is -2.14. The molecule has 2 rings (SSSR count). The van der Waals surface area contributed by atoms with Crippen LogP contribution in [0.15, 0.2) is 12.4 Å². The molecule has 0 radical (unpaired) electrons. The summed E-state index contributed by atoms with van der Waals surface area (Å²) >= 11 is 0. The zero-order chi connectivity index (χ0) is 10.8. The molecule has 15 heavy (non-hydrogen) atoms. The summed E-state index contributed by atoms with van der Waals surface area (Å²) in [6.07, 6.45) is 3.98. The number of carbonyl (C=O) groups excluding carboxylic acids is 1. The third-order valence-electron chi connectivity index (χ3n) is 2.51. The third kappa shape index (κ3) is 2.12. The Balaban J connectivity index is 2.11. The van der Waals surface area contributed by atoms with Crippen molar-refractivity contribution >= 4 is 5.91 Å². The molecule has 0 aromatic carbocycles. The number of aryl methyl sites for hydroxylation is 1. The number of hydrogen-bond donors (Lipinski definition) is 1. The van der Waals surface area contributed by atoms with E-state index in [1.165, 1.54) is 6.20 Å². The van der Waals surface area contributed by atoms with E-state index in [4.69, 9.17) is 5.73 Å². The van der Waals surface area contributed by atoms with E-state index >= 15 is 0 Å². The van der Waals surface area contributed by atoms with Crippen LogP contribution in [-0.4, -0.2) is 39.9 Å². The second kappa shape index (κ2) is 3.94. The average molecular weight is 206 g/mol. The van der Waals surface area contributed by atoms with Gasteiger partial charge in [-0.2, -0.15) is 0 Å². The number of nitrogens with two attached hydrogens (primary N) is 1. The van der Waals surface area contributed by atoms with Crippen molar-refractivity contribution in [3.8, 4) is 0 Å². The molecule has 0 unspecified atom stereocenters. The van der Waals surface area contributed by atoms with Gasteiger partial charge in [-0.25, -0.2) is 4.98 Å². The number of likely N-dealkylation sites (tertiary alicyclic amines) is 1. The summed E-state index contributed by atoms with van der Waals surface area (Å²) in [4.78, 5) is 21.7. The van der Waals surface area contributed by atoms with Crippen LogP contribution in [0.5, 0.6) is 0 Å². The van der Waals surface area contributed by atoms with Crippen LogP contribution >= 0.6 is 0 Å². The first-order valence-corrected chi connectivity index (χ1v) is 5.00. The standard InChI is InChI=1S/C10H14N4O/c1-7-4-13-9(5-12-7)10(15)14-3-2-8(11)6-14/h4-5,8H,2-3,6,11H2,1H3/t8-/m1/s1. The highest BCUT2D eigenvalue weighted by Gasteiger charge is 2.25. The van der Waals surface area contributed by atoms with Gasteiger partial charge in [-0.1, -0.05) is 0 Å².